The van der Waals surface area contributed by atoms with Crippen molar-refractivity contribution in [3.8, 4) is 0 Å². The summed E-state index contributed by atoms with van der Waals surface area (Å²) in [6.45, 7) is 7.18. The van der Waals surface area contributed by atoms with Crippen LogP contribution in [0.5, 0.6) is 0 Å². The number of nitrogens with zero attached hydrogens (tertiary/aromatic N) is 1. The van der Waals surface area contributed by atoms with Crippen LogP contribution in [0.2, 0.25) is 0 Å². The normalized spacial score (nSPS) is 14.4. The maximum Gasteiger partial charge on any atom is 0.407 e. The first-order valence-corrected chi connectivity index (χ1v) is 9.91. The molecular weight excluding hydrogens is 380 g/mol. The molecule has 136 valence electrons. The van der Waals surface area contributed by atoms with Crippen LogP contribution in [0.3, 0.4) is 0 Å². The van der Waals surface area contributed by atoms with Crippen LogP contribution in [0.15, 0.2) is 22.7 Å². The lowest BCUT2D eigenvalue weighted by atomic mass is 9.95. The van der Waals surface area contributed by atoms with Gasteiger partial charge in [0, 0.05) is 34.2 Å². The van der Waals surface area contributed by atoms with Gasteiger partial charge in [0.15, 0.2) is 0 Å². The van der Waals surface area contributed by atoms with Crippen LogP contribution in [0.25, 0.3) is 10.9 Å². The smallest absolute Gasteiger partial charge is 0.407 e. The second kappa shape index (κ2) is 7.40. The van der Waals surface area contributed by atoms with E-state index in [0.717, 1.165) is 23.9 Å². The third-order valence-electron chi connectivity index (χ3n) is 4.57. The van der Waals surface area contributed by atoms with Gasteiger partial charge in [0.05, 0.1) is 0 Å². The van der Waals surface area contributed by atoms with Crippen LogP contribution in [0, 0.1) is 0 Å². The molecule has 1 amide bonds. The lowest BCUT2D eigenvalue weighted by molar-refractivity contribution is 0.0527. The second-order valence-electron chi connectivity index (χ2n) is 7.73. The van der Waals surface area contributed by atoms with E-state index in [1.807, 2.05) is 20.8 Å². The molecule has 1 aromatic heterocycles. The van der Waals surface area contributed by atoms with Gasteiger partial charge in [0.25, 0.3) is 0 Å². The Kier molecular flexibility index (Phi) is 5.42. The van der Waals surface area contributed by atoms with Crippen LogP contribution in [-0.2, 0) is 24.1 Å². The quantitative estimate of drug-likeness (QED) is 0.709. The molecule has 3 rings (SSSR count). The van der Waals surface area contributed by atoms with Crippen molar-refractivity contribution in [3.05, 3.63) is 33.9 Å². The van der Waals surface area contributed by atoms with Gasteiger partial charge >= 0.3 is 6.09 Å². The van der Waals surface area contributed by atoms with Crippen LogP contribution in [0.4, 0.5) is 4.79 Å². The van der Waals surface area contributed by atoms with Crippen molar-refractivity contribution in [3.63, 3.8) is 0 Å². The summed E-state index contributed by atoms with van der Waals surface area (Å²) in [6, 6.07) is 6.57. The van der Waals surface area contributed by atoms with Crippen molar-refractivity contribution < 1.29 is 9.53 Å². The number of fused-ring (bicyclic) bond motifs is 3. The number of alkyl carbamates (subject to hydrolysis) is 1. The molecule has 0 atom stereocenters. The van der Waals surface area contributed by atoms with Gasteiger partial charge in [-0.2, -0.15) is 0 Å². The highest BCUT2D eigenvalue weighted by molar-refractivity contribution is 9.10. The first-order valence-electron chi connectivity index (χ1n) is 9.11. The van der Waals surface area contributed by atoms with E-state index in [2.05, 4.69) is 44.0 Å². The molecule has 0 radical (unpaired) electrons. The summed E-state index contributed by atoms with van der Waals surface area (Å²) in [6.07, 6.45) is 5.42. The molecule has 0 bridgehead atoms. The summed E-state index contributed by atoms with van der Waals surface area (Å²) in [5, 5.41) is 4.24. The molecule has 0 spiro atoms. The molecular formula is C20H27BrN2O2. The summed E-state index contributed by atoms with van der Waals surface area (Å²) in [7, 11) is 0. The highest BCUT2D eigenvalue weighted by Gasteiger charge is 2.20. The maximum atomic E-state index is 11.8. The SMILES string of the molecule is CC(C)(C)OC(=O)NCCCn1c2c(c3cc(Br)ccc31)CCCC2. The van der Waals surface area contributed by atoms with Crippen LogP contribution in [0.1, 0.15) is 51.3 Å². The molecule has 4 nitrogen and oxygen atoms in total. The van der Waals surface area contributed by atoms with E-state index in [-0.39, 0.29) is 6.09 Å². The summed E-state index contributed by atoms with van der Waals surface area (Å²) in [4.78, 5) is 11.8. The number of benzene rings is 1. The highest BCUT2D eigenvalue weighted by Crippen LogP contribution is 2.33. The number of nitrogens with one attached hydrogen (secondary N) is 1. The predicted molar refractivity (Wildman–Crippen MR) is 105 cm³/mol. The molecule has 5 heteroatoms. The summed E-state index contributed by atoms with van der Waals surface area (Å²) in [5.41, 5.74) is 3.86. The molecule has 1 heterocycles. The molecule has 0 saturated carbocycles. The van der Waals surface area contributed by atoms with Gasteiger partial charge in [-0.1, -0.05) is 15.9 Å². The van der Waals surface area contributed by atoms with E-state index in [9.17, 15) is 4.79 Å². The topological polar surface area (TPSA) is 43.3 Å². The highest BCUT2D eigenvalue weighted by atomic mass is 79.9. The van der Waals surface area contributed by atoms with E-state index >= 15 is 0 Å². The van der Waals surface area contributed by atoms with Crippen molar-refractivity contribution in [2.24, 2.45) is 0 Å². The number of aryl methyl sites for hydroxylation is 2. The van der Waals surface area contributed by atoms with Crippen molar-refractivity contribution in [2.45, 2.75) is 65.0 Å². The number of halogens is 1. The van der Waals surface area contributed by atoms with Gasteiger partial charge in [-0.05, 0) is 76.6 Å². The average Bonchev–Trinajstić information content (AvgIpc) is 2.83. The molecule has 0 fully saturated rings. The Bertz CT molecular complexity index is 774. The van der Waals surface area contributed by atoms with Gasteiger partial charge in [-0.15, -0.1) is 0 Å². The zero-order valence-corrected chi connectivity index (χ0v) is 16.9. The number of hydrogen-bond donors (Lipinski definition) is 1. The summed E-state index contributed by atoms with van der Waals surface area (Å²) >= 11 is 3.60. The Labute approximate surface area is 158 Å². The Balaban J connectivity index is 1.69. The van der Waals surface area contributed by atoms with Crippen molar-refractivity contribution in [1.82, 2.24) is 9.88 Å². The third kappa shape index (κ3) is 4.38. The van der Waals surface area contributed by atoms with Crippen LogP contribution in [-0.4, -0.2) is 22.8 Å². The largest absolute Gasteiger partial charge is 0.444 e. The number of hydrogen-bond acceptors (Lipinski definition) is 2. The minimum Gasteiger partial charge on any atom is -0.444 e. The zero-order valence-electron chi connectivity index (χ0n) is 15.3. The third-order valence-corrected chi connectivity index (χ3v) is 5.06. The number of carbonyl (C=O) groups excluding carboxylic acids is 1. The fourth-order valence-electron chi connectivity index (χ4n) is 3.61. The first-order chi connectivity index (χ1) is 11.8. The minimum absolute atomic E-state index is 0.337. The van der Waals surface area contributed by atoms with Crippen molar-refractivity contribution in [2.75, 3.05) is 6.54 Å². The minimum atomic E-state index is -0.451. The Morgan fingerprint density at radius 2 is 2.04 bits per heavy atom. The number of aromatic nitrogens is 1. The number of rotatable bonds is 4. The molecule has 1 aliphatic carbocycles. The fourth-order valence-corrected chi connectivity index (χ4v) is 3.97. The molecule has 2 aromatic rings. The van der Waals surface area contributed by atoms with E-state index in [4.69, 9.17) is 4.74 Å². The average molecular weight is 407 g/mol. The van der Waals surface area contributed by atoms with Crippen LogP contribution >= 0.6 is 15.9 Å². The lowest BCUT2D eigenvalue weighted by Crippen LogP contribution is -2.33. The molecule has 0 unspecified atom stereocenters. The Morgan fingerprint density at radius 3 is 2.80 bits per heavy atom. The summed E-state index contributed by atoms with van der Waals surface area (Å²) in [5.74, 6) is 0. The van der Waals surface area contributed by atoms with Gasteiger partial charge in [0.2, 0.25) is 0 Å². The number of carbonyl (C=O) groups is 1. The van der Waals surface area contributed by atoms with E-state index in [1.165, 1.54) is 41.4 Å². The second-order valence-corrected chi connectivity index (χ2v) is 8.64. The molecule has 1 aliphatic rings. The standard InChI is InChI=1S/C20H27BrN2O2/c1-20(2,3)25-19(24)22-11-6-12-23-17-8-5-4-7-15(17)16-13-14(21)9-10-18(16)23/h9-10,13H,4-8,11-12H2,1-3H3,(H,22,24). The molecule has 1 N–H and O–H groups in total. The molecule has 0 saturated heterocycles. The molecule has 1 aromatic carbocycles. The van der Waals surface area contributed by atoms with Gasteiger partial charge in [-0.25, -0.2) is 4.79 Å². The van der Waals surface area contributed by atoms with Crippen molar-refractivity contribution in [1.29, 1.82) is 0 Å². The lowest BCUT2D eigenvalue weighted by Gasteiger charge is -2.20. The number of amides is 1. The fraction of sp³-hybridized carbons (Fsp3) is 0.550. The van der Waals surface area contributed by atoms with Crippen molar-refractivity contribution >= 4 is 32.9 Å². The molecule has 0 aliphatic heterocycles. The molecule has 25 heavy (non-hydrogen) atoms. The first kappa shape index (κ1) is 18.3. The Hall–Kier alpha value is -1.49. The van der Waals surface area contributed by atoms with Gasteiger partial charge in [-0.3, -0.25) is 0 Å². The zero-order chi connectivity index (χ0) is 18.0. The van der Waals surface area contributed by atoms with Gasteiger partial charge < -0.3 is 14.6 Å². The predicted octanol–water partition coefficient (Wildman–Crippen LogP) is 5.20. The maximum absolute atomic E-state index is 11.8. The number of ether oxygens (including phenoxy) is 1. The Morgan fingerprint density at radius 1 is 1.28 bits per heavy atom. The van der Waals surface area contributed by atoms with E-state index in [1.54, 1.807) is 0 Å². The van der Waals surface area contributed by atoms with E-state index in [0.29, 0.717) is 6.54 Å². The van der Waals surface area contributed by atoms with Gasteiger partial charge in [0.1, 0.15) is 5.60 Å². The monoisotopic (exact) mass is 406 g/mol. The van der Waals surface area contributed by atoms with Crippen LogP contribution < -0.4 is 5.32 Å². The summed E-state index contributed by atoms with van der Waals surface area (Å²) < 4.78 is 8.87. The van der Waals surface area contributed by atoms with E-state index < -0.39 is 5.60 Å².